The second-order valence-electron chi connectivity index (χ2n) is 4.76. The summed E-state index contributed by atoms with van der Waals surface area (Å²) < 4.78 is 39.1. The van der Waals surface area contributed by atoms with Gasteiger partial charge in [-0.05, 0) is 36.4 Å². The molecule has 130 valence electrons. The van der Waals surface area contributed by atoms with E-state index in [-0.39, 0.29) is 17.4 Å². The summed E-state index contributed by atoms with van der Waals surface area (Å²) in [5.41, 5.74) is 0.342. The lowest BCUT2D eigenvalue weighted by Crippen LogP contribution is -2.25. The van der Waals surface area contributed by atoms with Crippen molar-refractivity contribution in [3.05, 3.63) is 53.2 Å². The van der Waals surface area contributed by atoms with Crippen molar-refractivity contribution < 1.29 is 27.1 Å². The van der Waals surface area contributed by atoms with E-state index in [0.29, 0.717) is 5.69 Å². The van der Waals surface area contributed by atoms with Crippen LogP contribution < -0.4 is 15.8 Å². The molecule has 0 radical (unpaired) electrons. The minimum Gasteiger partial charge on any atom is -0.459 e. The lowest BCUT2D eigenvalue weighted by Gasteiger charge is -2.07. The van der Waals surface area contributed by atoms with Gasteiger partial charge in [0.15, 0.2) is 5.76 Å². The Balaban J connectivity index is 1.64. The van der Waals surface area contributed by atoms with Gasteiger partial charge in [-0.3, -0.25) is 4.79 Å². The van der Waals surface area contributed by atoms with Crippen LogP contribution >= 0.6 is 0 Å². The molecule has 0 spiro atoms. The van der Waals surface area contributed by atoms with Gasteiger partial charge in [0.2, 0.25) is 5.91 Å². The molecule has 0 saturated carbocycles. The van der Waals surface area contributed by atoms with Gasteiger partial charge in [-0.1, -0.05) is 0 Å². The number of nitrogens with one attached hydrogen (secondary N) is 1. The smallest absolute Gasteiger partial charge is 0.437 e. The summed E-state index contributed by atoms with van der Waals surface area (Å²) in [4.78, 5) is 23.7. The molecule has 1 N–H and O–H groups in total. The number of halogens is 2. The average molecular weight is 351 g/mol. The number of benzene rings is 1. The van der Waals surface area contributed by atoms with Gasteiger partial charge in [-0.2, -0.15) is 13.5 Å². The Morgan fingerprint density at radius 3 is 2.68 bits per heavy atom. The number of nitrogens with zero attached hydrogens (tertiary/aromatic N) is 2. The molecule has 0 saturated heterocycles. The summed E-state index contributed by atoms with van der Waals surface area (Å²) in [7, 11) is 0. The van der Waals surface area contributed by atoms with E-state index in [1.165, 1.54) is 30.5 Å². The Bertz CT molecular complexity index is 900. The fourth-order valence-electron chi connectivity index (χ4n) is 1.96. The molecule has 1 amide bonds. The summed E-state index contributed by atoms with van der Waals surface area (Å²) >= 11 is 0. The second kappa shape index (κ2) is 6.99. The summed E-state index contributed by atoms with van der Waals surface area (Å²) in [5, 5.41) is 6.36. The van der Waals surface area contributed by atoms with E-state index in [9.17, 15) is 18.4 Å². The predicted molar refractivity (Wildman–Crippen MR) is 80.2 cm³/mol. The lowest BCUT2D eigenvalue weighted by molar-refractivity contribution is -0.117. The molecule has 2 heterocycles. The fourth-order valence-corrected chi connectivity index (χ4v) is 1.96. The zero-order valence-corrected chi connectivity index (χ0v) is 12.5. The molecule has 0 aliphatic heterocycles. The highest BCUT2D eigenvalue weighted by molar-refractivity contribution is 5.90. The maximum atomic E-state index is 12.1. The van der Waals surface area contributed by atoms with Crippen molar-refractivity contribution in [3.63, 3.8) is 0 Å². The minimum atomic E-state index is -2.93. The summed E-state index contributed by atoms with van der Waals surface area (Å²) in [5.74, 6) is -1.20. The lowest BCUT2D eigenvalue weighted by atomic mass is 10.3. The van der Waals surface area contributed by atoms with Gasteiger partial charge in [0.25, 0.3) is 5.89 Å². The van der Waals surface area contributed by atoms with Crippen LogP contribution in [0.25, 0.3) is 11.7 Å². The highest BCUT2D eigenvalue weighted by atomic mass is 19.3. The van der Waals surface area contributed by atoms with Crippen molar-refractivity contribution in [1.29, 1.82) is 0 Å². The van der Waals surface area contributed by atoms with Gasteiger partial charge >= 0.3 is 12.4 Å². The van der Waals surface area contributed by atoms with Crippen LogP contribution in [0.2, 0.25) is 0 Å². The van der Waals surface area contributed by atoms with Crippen LogP contribution in [0.1, 0.15) is 0 Å². The molecule has 0 bridgehead atoms. The number of carbonyl (C=O) groups excluding carboxylic acids is 1. The standard InChI is InChI=1S/C15H11F2N3O5/c16-14(17)24-10-5-3-9(4-6-10)18-12(21)8-20-15(22)25-13(19-20)11-2-1-7-23-11/h1-7,14H,8H2,(H,18,21). The third-order valence-electron chi connectivity index (χ3n) is 2.99. The molecule has 0 fully saturated rings. The summed E-state index contributed by atoms with van der Waals surface area (Å²) in [6.07, 6.45) is 1.39. The molecule has 0 unspecified atom stereocenters. The number of alkyl halides is 2. The first-order valence-electron chi connectivity index (χ1n) is 6.98. The first kappa shape index (κ1) is 16.4. The molecule has 0 aliphatic rings. The first-order valence-corrected chi connectivity index (χ1v) is 6.98. The number of amides is 1. The molecule has 25 heavy (non-hydrogen) atoms. The normalized spacial score (nSPS) is 10.8. The Morgan fingerprint density at radius 2 is 2.04 bits per heavy atom. The molecule has 1 aromatic carbocycles. The average Bonchev–Trinajstić information content (AvgIpc) is 3.19. The summed E-state index contributed by atoms with van der Waals surface area (Å²) in [6.45, 7) is -3.32. The van der Waals surface area contributed by atoms with Crippen molar-refractivity contribution in [2.75, 3.05) is 5.32 Å². The van der Waals surface area contributed by atoms with Crippen molar-refractivity contribution in [2.24, 2.45) is 0 Å². The maximum absolute atomic E-state index is 12.1. The van der Waals surface area contributed by atoms with E-state index >= 15 is 0 Å². The van der Waals surface area contributed by atoms with E-state index in [1.807, 2.05) is 0 Å². The van der Waals surface area contributed by atoms with E-state index in [0.717, 1.165) is 4.68 Å². The molecule has 2 aromatic heterocycles. The second-order valence-corrected chi connectivity index (χ2v) is 4.76. The first-order chi connectivity index (χ1) is 12.0. The van der Waals surface area contributed by atoms with Crippen LogP contribution in [-0.2, 0) is 11.3 Å². The Labute approximate surface area is 138 Å². The zero-order chi connectivity index (χ0) is 17.8. The molecular formula is C15H11F2N3O5. The molecule has 0 atom stereocenters. The fraction of sp³-hybridized carbons (Fsp3) is 0.133. The Kier molecular flexibility index (Phi) is 4.59. The summed E-state index contributed by atoms with van der Waals surface area (Å²) in [6, 6.07) is 8.48. The number of aromatic nitrogens is 2. The number of hydrogen-bond acceptors (Lipinski definition) is 6. The molecule has 3 aromatic rings. The van der Waals surface area contributed by atoms with Crippen LogP contribution in [0.5, 0.6) is 5.75 Å². The van der Waals surface area contributed by atoms with Gasteiger partial charge < -0.3 is 18.9 Å². The molecule has 8 nitrogen and oxygen atoms in total. The van der Waals surface area contributed by atoms with E-state index in [4.69, 9.17) is 8.83 Å². The number of hydrogen-bond donors (Lipinski definition) is 1. The van der Waals surface area contributed by atoms with Crippen molar-refractivity contribution in [2.45, 2.75) is 13.2 Å². The molecular weight excluding hydrogens is 340 g/mol. The number of ether oxygens (including phenoxy) is 1. The van der Waals surface area contributed by atoms with E-state index in [2.05, 4.69) is 15.2 Å². The van der Waals surface area contributed by atoms with Crippen molar-refractivity contribution >= 4 is 11.6 Å². The van der Waals surface area contributed by atoms with Crippen LogP contribution in [0.15, 0.2) is 56.3 Å². The highest BCUT2D eigenvalue weighted by Gasteiger charge is 2.15. The number of rotatable bonds is 6. The van der Waals surface area contributed by atoms with Gasteiger partial charge in [0, 0.05) is 5.69 Å². The third kappa shape index (κ3) is 4.10. The maximum Gasteiger partial charge on any atom is 0.437 e. The molecule has 0 aliphatic carbocycles. The van der Waals surface area contributed by atoms with Gasteiger partial charge in [0.1, 0.15) is 12.3 Å². The SMILES string of the molecule is O=C(Cn1nc(-c2ccco2)oc1=O)Nc1ccc(OC(F)F)cc1. The topological polar surface area (TPSA) is 99.5 Å². The van der Waals surface area contributed by atoms with Gasteiger partial charge in [-0.15, -0.1) is 5.10 Å². The largest absolute Gasteiger partial charge is 0.459 e. The monoisotopic (exact) mass is 351 g/mol. The highest BCUT2D eigenvalue weighted by Crippen LogP contribution is 2.18. The van der Waals surface area contributed by atoms with E-state index in [1.54, 1.807) is 12.1 Å². The van der Waals surface area contributed by atoms with Crippen molar-refractivity contribution in [3.8, 4) is 17.4 Å². The Hall–Kier alpha value is -3.43. The van der Waals surface area contributed by atoms with Crippen LogP contribution in [0.3, 0.4) is 0 Å². The third-order valence-corrected chi connectivity index (χ3v) is 2.99. The Morgan fingerprint density at radius 1 is 1.28 bits per heavy atom. The zero-order valence-electron chi connectivity index (χ0n) is 12.5. The minimum absolute atomic E-state index is 0.0381. The van der Waals surface area contributed by atoms with Gasteiger partial charge in [0.05, 0.1) is 6.26 Å². The van der Waals surface area contributed by atoms with E-state index < -0.39 is 24.8 Å². The number of carbonyl (C=O) groups is 1. The van der Waals surface area contributed by atoms with Crippen LogP contribution in [0, 0.1) is 0 Å². The van der Waals surface area contributed by atoms with Crippen LogP contribution in [-0.4, -0.2) is 22.3 Å². The van der Waals surface area contributed by atoms with Crippen molar-refractivity contribution in [1.82, 2.24) is 9.78 Å². The number of furan rings is 1. The quantitative estimate of drug-likeness (QED) is 0.732. The molecule has 3 rings (SSSR count). The van der Waals surface area contributed by atoms with Crippen LogP contribution in [0.4, 0.5) is 14.5 Å². The van der Waals surface area contributed by atoms with Gasteiger partial charge in [-0.25, -0.2) is 4.79 Å². The molecule has 10 heteroatoms. The number of anilines is 1. The predicted octanol–water partition coefficient (Wildman–Crippen LogP) is 2.34.